The molecule has 1 heterocycles. The summed E-state index contributed by atoms with van der Waals surface area (Å²) in [5.41, 5.74) is 2.42. The summed E-state index contributed by atoms with van der Waals surface area (Å²) in [6, 6.07) is 8.77. The number of guanidine groups is 1. The topological polar surface area (TPSA) is 73.8 Å². The molecule has 2 rings (SSSR count). The molecule has 1 saturated heterocycles. The van der Waals surface area contributed by atoms with Crippen LogP contribution in [-0.4, -0.2) is 57.5 Å². The first-order chi connectivity index (χ1) is 14.2. The molecule has 30 heavy (non-hydrogen) atoms. The molecule has 170 valence electrons. The number of benzene rings is 1. The Bertz CT molecular complexity index is 767. The fraction of sp³-hybridized carbons (Fsp3) is 0.696. The molecule has 0 spiro atoms. The Morgan fingerprint density at radius 2 is 1.70 bits per heavy atom. The zero-order valence-corrected chi connectivity index (χ0v) is 20.0. The number of rotatable bonds is 10. The minimum atomic E-state index is -2.94. The van der Waals surface area contributed by atoms with Gasteiger partial charge in [0, 0.05) is 25.9 Å². The van der Waals surface area contributed by atoms with Gasteiger partial charge in [-0.2, -0.15) is 0 Å². The van der Waals surface area contributed by atoms with Gasteiger partial charge in [0.05, 0.1) is 12.3 Å². The molecular weight excluding hydrogens is 396 g/mol. The summed E-state index contributed by atoms with van der Waals surface area (Å²) in [4.78, 5) is 7.24. The average molecular weight is 437 g/mol. The molecule has 0 aromatic heterocycles. The third-order valence-corrected chi connectivity index (χ3v) is 6.47. The van der Waals surface area contributed by atoms with Crippen LogP contribution in [0.15, 0.2) is 29.3 Å². The van der Waals surface area contributed by atoms with E-state index in [9.17, 15) is 8.42 Å². The van der Waals surface area contributed by atoms with E-state index in [1.165, 1.54) is 49.7 Å². The van der Waals surface area contributed by atoms with E-state index >= 15 is 0 Å². The van der Waals surface area contributed by atoms with Gasteiger partial charge in [-0.05, 0) is 55.8 Å². The number of aliphatic imine (C=N–C) groups is 1. The Kier molecular flexibility index (Phi) is 9.62. The molecule has 1 aliphatic rings. The number of piperidine rings is 1. The molecule has 0 radical (unpaired) electrons. The Morgan fingerprint density at radius 3 is 2.30 bits per heavy atom. The predicted molar refractivity (Wildman–Crippen MR) is 126 cm³/mol. The van der Waals surface area contributed by atoms with Crippen molar-refractivity contribution in [2.75, 3.05) is 38.2 Å². The largest absolute Gasteiger partial charge is 0.357 e. The summed E-state index contributed by atoms with van der Waals surface area (Å²) in [7, 11) is -2.94. The van der Waals surface area contributed by atoms with Gasteiger partial charge in [0.15, 0.2) is 5.96 Å². The number of sulfone groups is 1. The molecule has 0 unspecified atom stereocenters. The Labute approximate surface area is 183 Å². The molecule has 0 atom stereocenters. The van der Waals surface area contributed by atoms with E-state index in [1.807, 2.05) is 6.92 Å². The molecule has 1 aromatic carbocycles. The Morgan fingerprint density at radius 1 is 1.07 bits per heavy atom. The van der Waals surface area contributed by atoms with Gasteiger partial charge in [0.2, 0.25) is 0 Å². The first-order valence-electron chi connectivity index (χ1n) is 11.2. The van der Waals surface area contributed by atoms with Crippen LogP contribution in [0.1, 0.15) is 57.6 Å². The summed E-state index contributed by atoms with van der Waals surface area (Å²) in [5, 5.41) is 6.65. The van der Waals surface area contributed by atoms with Crippen molar-refractivity contribution in [1.29, 1.82) is 0 Å². The lowest BCUT2D eigenvalue weighted by atomic mass is 9.90. The molecule has 1 aromatic rings. The highest BCUT2D eigenvalue weighted by Crippen LogP contribution is 2.20. The van der Waals surface area contributed by atoms with E-state index in [1.54, 1.807) is 0 Å². The molecule has 0 bridgehead atoms. The summed E-state index contributed by atoms with van der Waals surface area (Å²) in [6.07, 6.45) is 5.91. The fourth-order valence-corrected chi connectivity index (χ4v) is 4.43. The third-order valence-electron chi connectivity index (χ3n) is 5.53. The van der Waals surface area contributed by atoms with Gasteiger partial charge in [-0.1, -0.05) is 44.5 Å². The molecular formula is C23H40N4O2S. The second kappa shape index (κ2) is 11.7. The van der Waals surface area contributed by atoms with Crippen molar-refractivity contribution in [2.24, 2.45) is 10.4 Å². The summed E-state index contributed by atoms with van der Waals surface area (Å²) >= 11 is 0. The highest BCUT2D eigenvalue weighted by atomic mass is 32.2. The van der Waals surface area contributed by atoms with Crippen LogP contribution < -0.4 is 10.6 Å². The molecule has 0 saturated carbocycles. The van der Waals surface area contributed by atoms with Crippen molar-refractivity contribution in [1.82, 2.24) is 15.5 Å². The smallest absolute Gasteiger partial charge is 0.191 e. The number of nitrogens with one attached hydrogen (secondary N) is 2. The second-order valence-corrected chi connectivity index (χ2v) is 11.5. The lowest BCUT2D eigenvalue weighted by Gasteiger charge is -2.26. The summed E-state index contributed by atoms with van der Waals surface area (Å²) in [5.74, 6) is 0.974. The average Bonchev–Trinajstić information content (AvgIpc) is 2.70. The molecule has 1 fully saturated rings. The van der Waals surface area contributed by atoms with Crippen molar-refractivity contribution >= 4 is 15.8 Å². The number of nitrogens with zero attached hydrogens (tertiary/aromatic N) is 2. The molecule has 6 nitrogen and oxygen atoms in total. The lowest BCUT2D eigenvalue weighted by molar-refractivity contribution is 0.221. The number of hydrogen-bond acceptors (Lipinski definition) is 4. The van der Waals surface area contributed by atoms with Crippen LogP contribution in [0.25, 0.3) is 0 Å². The van der Waals surface area contributed by atoms with Gasteiger partial charge in [0.25, 0.3) is 0 Å². The van der Waals surface area contributed by atoms with Crippen molar-refractivity contribution in [3.63, 3.8) is 0 Å². The first kappa shape index (κ1) is 24.7. The molecule has 7 heteroatoms. The van der Waals surface area contributed by atoms with Gasteiger partial charge < -0.3 is 10.6 Å². The highest BCUT2D eigenvalue weighted by Gasteiger charge is 2.20. The second-order valence-electron chi connectivity index (χ2n) is 9.25. The van der Waals surface area contributed by atoms with Crippen LogP contribution in [-0.2, 0) is 22.9 Å². The van der Waals surface area contributed by atoms with Crippen LogP contribution in [0, 0.1) is 5.41 Å². The Hall–Kier alpha value is -1.60. The maximum Gasteiger partial charge on any atom is 0.191 e. The maximum absolute atomic E-state index is 11.5. The lowest BCUT2D eigenvalue weighted by Crippen LogP contribution is -2.42. The van der Waals surface area contributed by atoms with Gasteiger partial charge in [-0.15, -0.1) is 0 Å². The molecule has 0 aliphatic carbocycles. The van der Waals surface area contributed by atoms with Crippen molar-refractivity contribution < 1.29 is 8.42 Å². The van der Waals surface area contributed by atoms with E-state index in [4.69, 9.17) is 4.99 Å². The van der Waals surface area contributed by atoms with Gasteiger partial charge in [-0.3, -0.25) is 4.90 Å². The minimum Gasteiger partial charge on any atom is -0.357 e. The van der Waals surface area contributed by atoms with Crippen molar-refractivity contribution in [2.45, 2.75) is 59.5 Å². The van der Waals surface area contributed by atoms with Gasteiger partial charge in [-0.25, -0.2) is 13.4 Å². The summed E-state index contributed by atoms with van der Waals surface area (Å²) < 4.78 is 22.9. The molecule has 2 N–H and O–H groups in total. The van der Waals surface area contributed by atoms with E-state index in [0.717, 1.165) is 19.0 Å². The van der Waals surface area contributed by atoms with Gasteiger partial charge >= 0.3 is 0 Å². The molecule has 1 aliphatic heterocycles. The fourth-order valence-electron chi connectivity index (χ4n) is 3.51. The van der Waals surface area contributed by atoms with Crippen LogP contribution in [0.4, 0.5) is 0 Å². The minimum absolute atomic E-state index is 0.130. The van der Waals surface area contributed by atoms with Crippen LogP contribution in [0.2, 0.25) is 0 Å². The molecule has 0 amide bonds. The third kappa shape index (κ3) is 9.94. The van der Waals surface area contributed by atoms with Crippen LogP contribution >= 0.6 is 0 Å². The Balaban J connectivity index is 1.87. The van der Waals surface area contributed by atoms with E-state index in [-0.39, 0.29) is 11.2 Å². The van der Waals surface area contributed by atoms with Crippen LogP contribution in [0.3, 0.4) is 0 Å². The first-order valence-corrected chi connectivity index (χ1v) is 13.2. The van der Waals surface area contributed by atoms with Crippen molar-refractivity contribution in [3.05, 3.63) is 35.4 Å². The van der Waals surface area contributed by atoms with E-state index in [2.05, 4.69) is 53.6 Å². The zero-order chi connectivity index (χ0) is 22.0. The quantitative estimate of drug-likeness (QED) is 0.435. The van der Waals surface area contributed by atoms with Crippen molar-refractivity contribution in [3.8, 4) is 0 Å². The SMILES string of the molecule is CCNC(=NCc1ccc(CN2CCCCC2)cc1)NCC(C)(C)CCS(C)(=O)=O. The normalized spacial score (nSPS) is 16.5. The van der Waals surface area contributed by atoms with E-state index in [0.29, 0.717) is 19.5 Å². The van der Waals surface area contributed by atoms with Crippen LogP contribution in [0.5, 0.6) is 0 Å². The monoisotopic (exact) mass is 436 g/mol. The summed E-state index contributed by atoms with van der Waals surface area (Å²) in [6.45, 7) is 11.7. The van der Waals surface area contributed by atoms with E-state index < -0.39 is 9.84 Å². The van der Waals surface area contributed by atoms with Gasteiger partial charge in [0.1, 0.15) is 9.84 Å². The highest BCUT2D eigenvalue weighted by molar-refractivity contribution is 7.90. The number of likely N-dealkylation sites (tertiary alicyclic amines) is 1. The maximum atomic E-state index is 11.5. The standard InChI is InChI=1S/C23H40N4O2S/c1-5-24-22(26-19-23(2,3)13-16-30(4,28)29)25-17-20-9-11-21(12-10-20)18-27-14-7-6-8-15-27/h9-12H,5-8,13-19H2,1-4H3,(H2,24,25,26). The zero-order valence-electron chi connectivity index (χ0n) is 19.2. The predicted octanol–water partition coefficient (Wildman–Crippen LogP) is 3.19. The number of hydrogen-bond donors (Lipinski definition) is 2.